The second kappa shape index (κ2) is 17.7. The van der Waals surface area contributed by atoms with Crippen LogP contribution >= 0.6 is 0 Å². The molecule has 4 heterocycles. The highest BCUT2D eigenvalue weighted by molar-refractivity contribution is 5.82. The highest BCUT2D eigenvalue weighted by atomic mass is 16.8. The summed E-state index contributed by atoms with van der Waals surface area (Å²) < 4.78 is 43.0. The number of benzene rings is 2. The minimum absolute atomic E-state index is 0.253. The predicted octanol–water partition coefficient (Wildman–Crippen LogP) is -1.15. The topological polar surface area (TPSA) is 267 Å². The fourth-order valence-electron chi connectivity index (χ4n) is 7.76. The number of aliphatic hydroxyl groups excluding tert-OH is 10. The minimum Gasteiger partial charge on any atom is -0.482 e. The van der Waals surface area contributed by atoms with Gasteiger partial charge < -0.3 is 84.2 Å². The highest BCUT2D eigenvalue weighted by Crippen LogP contribution is 2.51. The van der Waals surface area contributed by atoms with Crippen molar-refractivity contribution >= 4 is 0 Å². The monoisotopic (exact) mass is 796 g/mol. The summed E-state index contributed by atoms with van der Waals surface area (Å²) in [6, 6.07) is 9.72. The molecule has 0 radical (unpaired) electrons. The van der Waals surface area contributed by atoms with Crippen LogP contribution in [0.4, 0.5) is 0 Å². The molecule has 3 fully saturated rings. The summed E-state index contributed by atoms with van der Waals surface area (Å²) in [5.74, 6) is 0.774. The maximum Gasteiger partial charge on any atom is 0.229 e. The largest absolute Gasteiger partial charge is 0.482 e. The molecule has 17 heteroatoms. The molecule has 0 spiro atoms. The maximum atomic E-state index is 11.6. The molecule has 314 valence electrons. The molecular weight excluding hydrogens is 740 g/mol. The van der Waals surface area contributed by atoms with Crippen molar-refractivity contribution < 1.29 is 84.2 Å². The van der Waals surface area contributed by atoms with Crippen LogP contribution in [0.2, 0.25) is 0 Å². The van der Waals surface area contributed by atoms with Crippen molar-refractivity contribution in [3.05, 3.63) is 47.0 Å². The van der Waals surface area contributed by atoms with Gasteiger partial charge in [0.05, 0.1) is 25.4 Å². The Bertz CT molecular complexity index is 1620. The first-order chi connectivity index (χ1) is 26.6. The quantitative estimate of drug-likeness (QED) is 0.107. The van der Waals surface area contributed by atoms with E-state index in [0.717, 1.165) is 41.5 Å². The van der Waals surface area contributed by atoms with Crippen molar-refractivity contribution in [2.75, 3.05) is 19.8 Å². The van der Waals surface area contributed by atoms with Crippen LogP contribution in [-0.2, 0) is 35.7 Å². The summed E-state index contributed by atoms with van der Waals surface area (Å²) in [5.41, 5.74) is 3.33. The third-order valence-corrected chi connectivity index (χ3v) is 11.0. The normalized spacial score (nSPS) is 38.0. The lowest BCUT2D eigenvalue weighted by Crippen LogP contribution is -2.67. The number of ether oxygens (including phenoxy) is 7. The molecule has 17 nitrogen and oxygen atoms in total. The van der Waals surface area contributed by atoms with Gasteiger partial charge >= 0.3 is 0 Å². The zero-order valence-electron chi connectivity index (χ0n) is 31.8. The molecule has 2 aromatic carbocycles. The molecule has 0 amide bonds. The Hall–Kier alpha value is -2.56. The molecule has 4 aliphatic heterocycles. The summed E-state index contributed by atoms with van der Waals surface area (Å²) >= 11 is 0. The van der Waals surface area contributed by atoms with Gasteiger partial charge in [0.15, 0.2) is 18.7 Å². The van der Waals surface area contributed by atoms with E-state index < -0.39 is 118 Å². The number of hydrogen-bond acceptors (Lipinski definition) is 17. The van der Waals surface area contributed by atoms with Crippen molar-refractivity contribution in [3.8, 4) is 22.6 Å². The van der Waals surface area contributed by atoms with Crippen LogP contribution in [0, 0.1) is 6.92 Å². The molecule has 6 rings (SSSR count). The third-order valence-electron chi connectivity index (χ3n) is 11.0. The summed E-state index contributed by atoms with van der Waals surface area (Å²) in [7, 11) is 0. The number of fused-ring (bicyclic) bond motifs is 3. The summed E-state index contributed by atoms with van der Waals surface area (Å²) in [4.78, 5) is 0. The summed E-state index contributed by atoms with van der Waals surface area (Å²) in [6.45, 7) is 5.61. The Morgan fingerprint density at radius 3 is 1.77 bits per heavy atom. The Labute approximate surface area is 324 Å². The maximum absolute atomic E-state index is 11.6. The van der Waals surface area contributed by atoms with Crippen LogP contribution in [0.5, 0.6) is 11.5 Å². The van der Waals surface area contributed by atoms with E-state index >= 15 is 0 Å². The Kier molecular flexibility index (Phi) is 13.6. The third kappa shape index (κ3) is 8.45. The Balaban J connectivity index is 1.45. The molecule has 3 saturated heterocycles. The lowest BCUT2D eigenvalue weighted by molar-refractivity contribution is -0.384. The predicted molar refractivity (Wildman–Crippen MR) is 193 cm³/mol. The van der Waals surface area contributed by atoms with Crippen LogP contribution in [0.25, 0.3) is 11.1 Å². The zero-order valence-corrected chi connectivity index (χ0v) is 31.8. The van der Waals surface area contributed by atoms with Gasteiger partial charge in [0, 0.05) is 5.56 Å². The number of rotatable bonds is 13. The van der Waals surface area contributed by atoms with Crippen LogP contribution in [0.3, 0.4) is 0 Å². The van der Waals surface area contributed by atoms with Crippen molar-refractivity contribution in [2.24, 2.45) is 0 Å². The van der Waals surface area contributed by atoms with Gasteiger partial charge in [-0.2, -0.15) is 0 Å². The van der Waals surface area contributed by atoms with E-state index in [1.807, 2.05) is 51.1 Å². The van der Waals surface area contributed by atoms with Crippen molar-refractivity contribution in [3.63, 3.8) is 0 Å². The first-order valence-electron chi connectivity index (χ1n) is 19.1. The first kappa shape index (κ1) is 43.0. The zero-order chi connectivity index (χ0) is 40.6. The molecule has 15 atom stereocenters. The molecule has 0 saturated carbocycles. The van der Waals surface area contributed by atoms with Crippen LogP contribution in [-0.4, -0.2) is 163 Å². The van der Waals surface area contributed by atoms with Gasteiger partial charge in [0.25, 0.3) is 0 Å². The van der Waals surface area contributed by atoms with E-state index in [2.05, 4.69) is 6.92 Å². The smallest absolute Gasteiger partial charge is 0.229 e. The van der Waals surface area contributed by atoms with Gasteiger partial charge in [0.2, 0.25) is 6.29 Å². The first-order valence-corrected chi connectivity index (χ1v) is 19.1. The van der Waals surface area contributed by atoms with Crippen LogP contribution < -0.4 is 9.47 Å². The van der Waals surface area contributed by atoms with Gasteiger partial charge in [-0.1, -0.05) is 43.5 Å². The number of aryl methyl sites for hydroxylation is 2. The van der Waals surface area contributed by atoms with Crippen molar-refractivity contribution in [1.82, 2.24) is 0 Å². The van der Waals surface area contributed by atoms with E-state index in [-0.39, 0.29) is 5.75 Å². The molecule has 0 unspecified atom stereocenters. The average molecular weight is 797 g/mol. The fraction of sp³-hybridized carbons (Fsp3) is 0.692. The van der Waals surface area contributed by atoms with Gasteiger partial charge in [-0.3, -0.25) is 0 Å². The molecule has 2 aromatic rings. The Morgan fingerprint density at radius 2 is 1.20 bits per heavy atom. The average Bonchev–Trinajstić information content (AvgIpc) is 3.16. The lowest BCUT2D eigenvalue weighted by Gasteiger charge is -2.49. The molecule has 56 heavy (non-hydrogen) atoms. The number of hydrogen-bond donors (Lipinski definition) is 10. The lowest BCUT2D eigenvalue weighted by atomic mass is 9.84. The van der Waals surface area contributed by atoms with Gasteiger partial charge in [0.1, 0.15) is 84.2 Å². The van der Waals surface area contributed by atoms with E-state index in [4.69, 9.17) is 33.2 Å². The van der Waals surface area contributed by atoms with E-state index in [9.17, 15) is 51.1 Å². The van der Waals surface area contributed by atoms with Crippen molar-refractivity contribution in [2.45, 2.75) is 151 Å². The molecule has 10 N–H and O–H groups in total. The van der Waals surface area contributed by atoms with E-state index in [0.29, 0.717) is 17.7 Å². The summed E-state index contributed by atoms with van der Waals surface area (Å²) in [6.07, 6.45) is -22.2. The van der Waals surface area contributed by atoms with Crippen molar-refractivity contribution in [1.29, 1.82) is 0 Å². The molecular formula is C39H56O17. The number of aliphatic hydroxyl groups is 10. The fourth-order valence-corrected chi connectivity index (χ4v) is 7.76. The van der Waals surface area contributed by atoms with E-state index in [1.54, 1.807) is 0 Å². The van der Waals surface area contributed by atoms with Gasteiger partial charge in [-0.25, -0.2) is 0 Å². The second-order valence-electron chi connectivity index (χ2n) is 15.5. The van der Waals surface area contributed by atoms with E-state index in [1.165, 1.54) is 0 Å². The summed E-state index contributed by atoms with van der Waals surface area (Å²) in [5, 5.41) is 106. The molecule has 0 bridgehead atoms. The molecule has 0 aromatic heterocycles. The van der Waals surface area contributed by atoms with Crippen LogP contribution in [0.15, 0.2) is 30.3 Å². The standard InChI is InChI=1S/C39H56O17/c1-5-6-7-8-18-12-21(26-19-11-17(2)9-10-20(19)39(3,4)56-22(26)13-18)50-38-35(55-37-33(49)31(47)28(44)24(15-41)52-37)34(29(45)25(16-42)53-38)54-36-32(48)30(46)27(43)23(14-40)51-36/h9-13,23-25,27-38,40-49H,5-8,14-16H2,1-4H3/t23-,24-,25-,27-,28-,29-,30+,31+,32-,33-,34+,35-,36+,37+,38-/m1/s1. The minimum atomic E-state index is -1.92. The van der Waals surface area contributed by atoms with Crippen LogP contribution in [0.1, 0.15) is 56.7 Å². The second-order valence-corrected chi connectivity index (χ2v) is 15.5. The Morgan fingerprint density at radius 1 is 0.643 bits per heavy atom. The van der Waals surface area contributed by atoms with Gasteiger partial charge in [-0.05, 0) is 56.9 Å². The molecule has 4 aliphatic rings. The van der Waals surface area contributed by atoms with Gasteiger partial charge in [-0.15, -0.1) is 0 Å². The molecule has 0 aliphatic carbocycles. The number of unbranched alkanes of at least 4 members (excludes halogenated alkanes) is 2. The highest BCUT2D eigenvalue weighted by Gasteiger charge is 2.55. The SMILES string of the molecule is CCCCCc1cc(O[C@@H]2O[C@H](CO)[C@@H](O)[C@H](O[C@@H]3O[C@H](CO)[C@@H](O)[C@H](O)[C@H]3O)[C@H]2O[C@@H]2O[C@H](CO)[C@@H](O)[C@H](O)[C@H]2O)c2c(c1)OC(C)(C)c1ccc(C)cc1-2.